The van der Waals surface area contributed by atoms with Crippen molar-refractivity contribution in [2.24, 2.45) is 5.92 Å². The number of hydrogen-bond donors (Lipinski definition) is 1. The minimum absolute atomic E-state index is 0.0624. The van der Waals surface area contributed by atoms with Gasteiger partial charge in [0, 0.05) is 16.1 Å². The van der Waals surface area contributed by atoms with Crippen LogP contribution in [0.25, 0.3) is 0 Å². The van der Waals surface area contributed by atoms with Crippen LogP contribution in [-0.2, 0) is 4.79 Å². The second-order valence-electron chi connectivity index (χ2n) is 3.60. The Morgan fingerprint density at radius 1 is 1.29 bits per heavy atom. The number of anilines is 1. The molecule has 0 saturated heterocycles. The number of carbonyl (C=O) groups excluding carboxylic acids is 1. The molecular weight excluding hydrogens is 194 g/mol. The van der Waals surface area contributed by atoms with Crippen LogP contribution < -0.4 is 5.32 Å². The smallest absolute Gasteiger partial charge is 0.228 e. The van der Waals surface area contributed by atoms with Crippen molar-refractivity contribution in [3.63, 3.8) is 0 Å². The molecule has 0 radical (unpaired) electrons. The Morgan fingerprint density at radius 2 is 2.00 bits per heavy atom. The summed E-state index contributed by atoms with van der Waals surface area (Å²) in [7, 11) is 0. The molecule has 2 nitrogen and oxygen atoms in total. The minimum atomic E-state index is 0.0624. The molecule has 1 aromatic carbocycles. The zero-order valence-corrected chi connectivity index (χ0v) is 9.10. The van der Waals surface area contributed by atoms with Crippen molar-refractivity contribution >= 4 is 23.4 Å². The van der Waals surface area contributed by atoms with E-state index in [-0.39, 0.29) is 11.8 Å². The molecule has 2 rings (SSSR count). The Labute approximate surface area is 88.1 Å². The molecule has 0 fully saturated rings. The Hall–Kier alpha value is -0.960. The summed E-state index contributed by atoms with van der Waals surface area (Å²) < 4.78 is 0. The second kappa shape index (κ2) is 3.65. The van der Waals surface area contributed by atoms with Gasteiger partial charge in [0.2, 0.25) is 5.91 Å². The largest absolute Gasteiger partial charge is 0.325 e. The van der Waals surface area contributed by atoms with Gasteiger partial charge < -0.3 is 5.32 Å². The standard InChI is InChI=1S/C11H13NOS/c1-7-8(2)14-10-6-4-3-5-9(10)12-11(7)13/h3-8H,1-2H3,(H,12,13)/t7-,8-/m1/s1. The number of nitrogens with one attached hydrogen (secondary N) is 1. The minimum Gasteiger partial charge on any atom is -0.325 e. The summed E-state index contributed by atoms with van der Waals surface area (Å²) in [5.41, 5.74) is 0.943. The lowest BCUT2D eigenvalue weighted by atomic mass is 10.1. The van der Waals surface area contributed by atoms with Gasteiger partial charge in [0.15, 0.2) is 0 Å². The summed E-state index contributed by atoms with van der Waals surface area (Å²) in [6.45, 7) is 4.07. The normalized spacial score (nSPS) is 26.3. The van der Waals surface area contributed by atoms with Gasteiger partial charge in [-0.2, -0.15) is 0 Å². The predicted molar refractivity (Wildman–Crippen MR) is 59.6 cm³/mol. The molecule has 0 saturated carbocycles. The van der Waals surface area contributed by atoms with Crippen LogP contribution in [0.1, 0.15) is 13.8 Å². The summed E-state index contributed by atoms with van der Waals surface area (Å²) in [6.07, 6.45) is 0. The number of para-hydroxylation sites is 1. The highest BCUT2D eigenvalue weighted by Crippen LogP contribution is 2.36. The molecule has 1 aliphatic rings. The fourth-order valence-corrected chi connectivity index (χ4v) is 2.57. The van der Waals surface area contributed by atoms with Crippen LogP contribution in [0, 0.1) is 5.92 Å². The predicted octanol–water partition coefficient (Wildman–Crippen LogP) is 2.76. The number of hydrogen-bond acceptors (Lipinski definition) is 2. The van der Waals surface area contributed by atoms with Crippen molar-refractivity contribution in [3.05, 3.63) is 24.3 Å². The molecule has 0 unspecified atom stereocenters. The lowest BCUT2D eigenvalue weighted by Gasteiger charge is -2.12. The number of fused-ring (bicyclic) bond motifs is 1. The third-order valence-corrected chi connectivity index (χ3v) is 3.97. The van der Waals surface area contributed by atoms with Crippen LogP contribution in [0.2, 0.25) is 0 Å². The first-order valence-corrected chi connectivity index (χ1v) is 5.63. The van der Waals surface area contributed by atoms with Crippen molar-refractivity contribution in [3.8, 4) is 0 Å². The van der Waals surface area contributed by atoms with E-state index in [0.717, 1.165) is 10.6 Å². The van der Waals surface area contributed by atoms with Crippen molar-refractivity contribution in [2.45, 2.75) is 24.0 Å². The number of thioether (sulfide) groups is 1. The molecule has 2 atom stereocenters. The van der Waals surface area contributed by atoms with Crippen LogP contribution in [0.15, 0.2) is 29.2 Å². The first-order chi connectivity index (χ1) is 6.68. The summed E-state index contributed by atoms with van der Waals surface area (Å²) >= 11 is 1.76. The number of carbonyl (C=O) groups is 1. The maximum absolute atomic E-state index is 11.7. The molecule has 1 heterocycles. The fourth-order valence-electron chi connectivity index (χ4n) is 1.43. The summed E-state index contributed by atoms with van der Waals surface area (Å²) in [6, 6.07) is 7.95. The van der Waals surface area contributed by atoms with Gasteiger partial charge >= 0.3 is 0 Å². The van der Waals surface area contributed by atoms with Crippen LogP contribution in [0.3, 0.4) is 0 Å². The average molecular weight is 207 g/mol. The Bertz CT molecular complexity index is 364. The van der Waals surface area contributed by atoms with E-state index in [1.807, 2.05) is 25.1 Å². The van der Waals surface area contributed by atoms with Crippen molar-refractivity contribution in [1.29, 1.82) is 0 Å². The van der Waals surface area contributed by atoms with E-state index in [4.69, 9.17) is 0 Å². The number of benzene rings is 1. The van der Waals surface area contributed by atoms with Crippen LogP contribution in [0.5, 0.6) is 0 Å². The van der Waals surface area contributed by atoms with Crippen molar-refractivity contribution in [2.75, 3.05) is 5.32 Å². The zero-order valence-electron chi connectivity index (χ0n) is 8.28. The van der Waals surface area contributed by atoms with Gasteiger partial charge in [-0.15, -0.1) is 11.8 Å². The van der Waals surface area contributed by atoms with E-state index in [9.17, 15) is 4.79 Å². The van der Waals surface area contributed by atoms with Gasteiger partial charge in [-0.25, -0.2) is 0 Å². The van der Waals surface area contributed by atoms with E-state index >= 15 is 0 Å². The topological polar surface area (TPSA) is 29.1 Å². The fraction of sp³-hybridized carbons (Fsp3) is 0.364. The average Bonchev–Trinajstić information content (AvgIpc) is 2.28. The van der Waals surface area contributed by atoms with E-state index in [1.54, 1.807) is 11.8 Å². The molecule has 0 bridgehead atoms. The maximum atomic E-state index is 11.7. The lowest BCUT2D eigenvalue weighted by Crippen LogP contribution is -2.24. The highest BCUT2D eigenvalue weighted by atomic mass is 32.2. The van der Waals surface area contributed by atoms with Crippen molar-refractivity contribution < 1.29 is 4.79 Å². The second-order valence-corrected chi connectivity index (χ2v) is 5.02. The highest BCUT2D eigenvalue weighted by Gasteiger charge is 2.25. The highest BCUT2D eigenvalue weighted by molar-refractivity contribution is 8.00. The molecule has 1 N–H and O–H groups in total. The third-order valence-electron chi connectivity index (χ3n) is 2.58. The van der Waals surface area contributed by atoms with E-state index in [1.165, 1.54) is 0 Å². The molecule has 1 aliphatic heterocycles. The Balaban J connectivity index is 2.39. The molecule has 1 aromatic rings. The van der Waals surface area contributed by atoms with Crippen LogP contribution >= 0.6 is 11.8 Å². The molecule has 14 heavy (non-hydrogen) atoms. The van der Waals surface area contributed by atoms with Gasteiger partial charge in [0.25, 0.3) is 0 Å². The number of rotatable bonds is 0. The summed E-state index contributed by atoms with van der Waals surface area (Å²) in [4.78, 5) is 12.8. The SMILES string of the molecule is C[C@H]1Sc2ccccc2NC(=O)[C@@H]1C. The first kappa shape index (κ1) is 9.59. The Kier molecular flexibility index (Phi) is 2.50. The van der Waals surface area contributed by atoms with Gasteiger partial charge in [0.1, 0.15) is 0 Å². The van der Waals surface area contributed by atoms with Gasteiger partial charge in [0.05, 0.1) is 5.69 Å². The summed E-state index contributed by atoms with van der Waals surface area (Å²) in [5, 5.41) is 3.27. The van der Waals surface area contributed by atoms with E-state index in [2.05, 4.69) is 18.3 Å². The molecule has 3 heteroatoms. The van der Waals surface area contributed by atoms with E-state index < -0.39 is 0 Å². The molecule has 0 spiro atoms. The monoisotopic (exact) mass is 207 g/mol. The van der Waals surface area contributed by atoms with Gasteiger partial charge in [-0.1, -0.05) is 26.0 Å². The van der Waals surface area contributed by atoms with Crippen LogP contribution in [0.4, 0.5) is 5.69 Å². The maximum Gasteiger partial charge on any atom is 0.228 e. The lowest BCUT2D eigenvalue weighted by molar-refractivity contribution is -0.119. The number of amides is 1. The molecule has 0 aliphatic carbocycles. The molecular formula is C11H13NOS. The first-order valence-electron chi connectivity index (χ1n) is 4.75. The van der Waals surface area contributed by atoms with Gasteiger partial charge in [-0.3, -0.25) is 4.79 Å². The van der Waals surface area contributed by atoms with Gasteiger partial charge in [-0.05, 0) is 12.1 Å². The molecule has 0 aromatic heterocycles. The molecule has 74 valence electrons. The quantitative estimate of drug-likeness (QED) is 0.708. The van der Waals surface area contributed by atoms with Crippen LogP contribution in [-0.4, -0.2) is 11.2 Å². The third kappa shape index (κ3) is 1.64. The van der Waals surface area contributed by atoms with Crippen molar-refractivity contribution in [1.82, 2.24) is 0 Å². The molecule has 1 amide bonds. The summed E-state index contributed by atoms with van der Waals surface area (Å²) in [5.74, 6) is 0.183. The zero-order chi connectivity index (χ0) is 10.1. The van der Waals surface area contributed by atoms with E-state index in [0.29, 0.717) is 5.25 Å². The Morgan fingerprint density at radius 3 is 2.79 bits per heavy atom.